The van der Waals surface area contributed by atoms with Gasteiger partial charge in [0.15, 0.2) is 0 Å². The topological polar surface area (TPSA) is 23.5 Å². The van der Waals surface area contributed by atoms with Crippen molar-refractivity contribution in [1.29, 1.82) is 0 Å². The van der Waals surface area contributed by atoms with Crippen LogP contribution in [0.2, 0.25) is 0 Å². The molecule has 0 aliphatic rings. The molecule has 0 saturated heterocycles. The number of nitrogens with zero attached hydrogens (tertiary/aromatic N) is 1. The van der Waals surface area contributed by atoms with Crippen LogP contribution in [0, 0.1) is 13.8 Å². The average Bonchev–Trinajstić information content (AvgIpc) is 2.47. The van der Waals surface area contributed by atoms with E-state index in [0.29, 0.717) is 14.3 Å². The van der Waals surface area contributed by atoms with Gasteiger partial charge in [-0.3, -0.25) is 0 Å². The van der Waals surface area contributed by atoms with Crippen LogP contribution in [-0.2, 0) is 23.6 Å². The fourth-order valence-corrected chi connectivity index (χ4v) is 3.48. The molecular formula is C17H22Cl2NOPTi. The number of phenols is 1. The zero-order chi connectivity index (χ0) is 17.4. The third kappa shape index (κ3) is 7.14. The van der Waals surface area contributed by atoms with Crippen molar-refractivity contribution in [1.82, 2.24) is 4.90 Å². The van der Waals surface area contributed by atoms with Crippen molar-refractivity contribution in [3.63, 3.8) is 0 Å². The Morgan fingerprint density at radius 2 is 1.74 bits per heavy atom. The van der Waals surface area contributed by atoms with Gasteiger partial charge < -0.3 is 10.0 Å². The molecule has 0 spiro atoms. The van der Waals surface area contributed by atoms with Gasteiger partial charge in [0.25, 0.3) is 0 Å². The number of para-hydroxylation sites is 1. The molecule has 1 unspecified atom stereocenters. The predicted molar refractivity (Wildman–Crippen MR) is 101 cm³/mol. The summed E-state index contributed by atoms with van der Waals surface area (Å²) in [7, 11) is 14.4. The van der Waals surface area contributed by atoms with Crippen LogP contribution < -0.4 is 10.6 Å². The van der Waals surface area contributed by atoms with Crippen LogP contribution in [-0.4, -0.2) is 24.1 Å². The van der Waals surface area contributed by atoms with E-state index in [1.807, 2.05) is 25.1 Å². The summed E-state index contributed by atoms with van der Waals surface area (Å²) in [5.74, 6) is 0.433. The summed E-state index contributed by atoms with van der Waals surface area (Å²) >= 11 is -0.556. The van der Waals surface area contributed by atoms with Crippen LogP contribution >= 0.6 is 27.2 Å². The Labute approximate surface area is 157 Å². The van der Waals surface area contributed by atoms with Gasteiger partial charge in [-0.2, -0.15) is 0 Å². The van der Waals surface area contributed by atoms with Crippen LogP contribution in [0.5, 0.6) is 5.75 Å². The molecule has 0 heterocycles. The van der Waals surface area contributed by atoms with Crippen LogP contribution in [0.15, 0.2) is 36.4 Å². The molecule has 0 bridgehead atoms. The fourth-order valence-electron chi connectivity index (χ4n) is 2.22. The van der Waals surface area contributed by atoms with Gasteiger partial charge >= 0.3 is 35.6 Å². The molecule has 23 heavy (non-hydrogen) atoms. The molecule has 0 amide bonds. The molecule has 124 valence electrons. The Morgan fingerprint density at radius 1 is 1.09 bits per heavy atom. The summed E-state index contributed by atoms with van der Waals surface area (Å²) < 4.78 is 0. The minimum absolute atomic E-state index is 0.433. The first-order valence-electron chi connectivity index (χ1n) is 7.15. The van der Waals surface area contributed by atoms with Gasteiger partial charge in [0.2, 0.25) is 0 Å². The Hall–Kier alpha value is -0.0757. The average molecular weight is 406 g/mol. The van der Waals surface area contributed by atoms with Gasteiger partial charge in [-0.15, -0.1) is 0 Å². The van der Waals surface area contributed by atoms with Gasteiger partial charge in [-0.25, -0.2) is 0 Å². The summed E-state index contributed by atoms with van der Waals surface area (Å²) in [4.78, 5) is 2.18. The number of hydrogen-bond donors (Lipinski definition) is 1. The first kappa shape index (κ1) is 21.0. The molecule has 0 aliphatic carbocycles. The second-order valence-electron chi connectivity index (χ2n) is 5.57. The maximum atomic E-state index is 10.2. The van der Waals surface area contributed by atoms with E-state index in [9.17, 15) is 5.11 Å². The Bertz CT molecular complexity index is 638. The first-order chi connectivity index (χ1) is 10.9. The quantitative estimate of drug-likeness (QED) is 0.612. The standard InChI is InChI=1S/C17H22NOP.2ClH.Ti/c1-12-8-9-15(14(10-12)11-18(3)4)20-16-7-5-6-13(2)17(16)19;;;/h5-10,19-20H,11H2,1-4H3;2*1H;/q;;;+2/p-2. The molecule has 2 nitrogen and oxygen atoms in total. The number of halogens is 2. The van der Waals surface area contributed by atoms with Crippen LogP contribution in [0.1, 0.15) is 16.7 Å². The molecule has 0 aliphatic heterocycles. The number of aromatic hydroxyl groups is 1. The molecule has 1 N–H and O–H groups in total. The monoisotopic (exact) mass is 405 g/mol. The van der Waals surface area contributed by atoms with Gasteiger partial charge in [-0.05, 0) is 44.4 Å². The van der Waals surface area contributed by atoms with Crippen molar-refractivity contribution in [2.24, 2.45) is 0 Å². The maximum absolute atomic E-state index is 10.2. The summed E-state index contributed by atoms with van der Waals surface area (Å²) in [6, 6.07) is 12.5. The summed E-state index contributed by atoms with van der Waals surface area (Å²) in [5.41, 5.74) is 3.56. The summed E-state index contributed by atoms with van der Waals surface area (Å²) in [6.45, 7) is 4.99. The zero-order valence-electron chi connectivity index (χ0n) is 13.8. The number of hydrogen-bond acceptors (Lipinski definition) is 2. The van der Waals surface area contributed by atoms with E-state index in [1.165, 1.54) is 16.4 Å². The number of phenolic OH excluding ortho intramolecular Hbond substituents is 1. The molecule has 0 radical (unpaired) electrons. The van der Waals surface area contributed by atoms with E-state index < -0.39 is 17.0 Å². The predicted octanol–water partition coefficient (Wildman–Crippen LogP) is 4.08. The van der Waals surface area contributed by atoms with Crippen LogP contribution in [0.25, 0.3) is 0 Å². The van der Waals surface area contributed by atoms with Crippen molar-refractivity contribution >= 4 is 37.8 Å². The third-order valence-electron chi connectivity index (χ3n) is 3.25. The summed E-state index contributed by atoms with van der Waals surface area (Å²) in [6.07, 6.45) is 0. The number of aryl methyl sites for hydroxylation is 2. The zero-order valence-corrected chi connectivity index (χ0v) is 17.9. The van der Waals surface area contributed by atoms with E-state index >= 15 is 0 Å². The molecule has 1 atom stereocenters. The molecule has 6 heteroatoms. The third-order valence-corrected chi connectivity index (χ3v) is 4.68. The van der Waals surface area contributed by atoms with Crippen LogP contribution in [0.3, 0.4) is 0 Å². The van der Waals surface area contributed by atoms with Crippen molar-refractivity contribution < 1.29 is 22.1 Å². The van der Waals surface area contributed by atoms with Crippen molar-refractivity contribution in [3.8, 4) is 5.75 Å². The van der Waals surface area contributed by atoms with Crippen LogP contribution in [0.4, 0.5) is 0 Å². The number of benzene rings is 2. The van der Waals surface area contributed by atoms with Crippen molar-refractivity contribution in [2.45, 2.75) is 20.4 Å². The van der Waals surface area contributed by atoms with Crippen molar-refractivity contribution in [3.05, 3.63) is 53.1 Å². The molecule has 2 rings (SSSR count). The van der Waals surface area contributed by atoms with E-state index in [0.717, 1.165) is 17.4 Å². The van der Waals surface area contributed by atoms with Gasteiger partial charge in [0.05, 0.1) is 0 Å². The molecule has 0 aromatic heterocycles. The van der Waals surface area contributed by atoms with E-state index in [-0.39, 0.29) is 0 Å². The molecule has 2 aromatic carbocycles. The van der Waals surface area contributed by atoms with Gasteiger partial charge in [0.1, 0.15) is 5.75 Å². The minimum atomic E-state index is -0.556. The van der Waals surface area contributed by atoms with Gasteiger partial charge in [-0.1, -0.05) is 50.5 Å². The SMILES string of the molecule is Cc1ccc(Pc2cccc(C)c2O)c(CN(C)C)c1.[Cl][Ti][Cl]. The molecular weight excluding hydrogens is 384 g/mol. The van der Waals surface area contributed by atoms with Crippen molar-refractivity contribution in [2.75, 3.05) is 14.1 Å². The van der Waals surface area contributed by atoms with E-state index in [4.69, 9.17) is 18.6 Å². The second-order valence-corrected chi connectivity index (χ2v) is 9.47. The van der Waals surface area contributed by atoms with Gasteiger partial charge in [0, 0.05) is 11.8 Å². The first-order valence-corrected chi connectivity index (χ1v) is 12.4. The molecule has 0 saturated carbocycles. The van der Waals surface area contributed by atoms with E-state index in [2.05, 4.69) is 44.1 Å². The Morgan fingerprint density at radius 3 is 2.35 bits per heavy atom. The number of rotatable bonds is 4. The fraction of sp³-hybridized carbons (Fsp3) is 0.294. The normalized spacial score (nSPS) is 10.7. The van der Waals surface area contributed by atoms with E-state index in [1.54, 1.807) is 0 Å². The molecule has 2 aromatic rings. The Kier molecular flexibility index (Phi) is 9.77. The molecule has 0 fully saturated rings. The summed E-state index contributed by atoms with van der Waals surface area (Å²) in [5, 5.41) is 12.5. The Balaban J connectivity index is 0.000000816. The second kappa shape index (κ2) is 10.7.